The maximum atomic E-state index is 14.0. The summed E-state index contributed by atoms with van der Waals surface area (Å²) in [4.78, 5) is 15.9. The van der Waals surface area contributed by atoms with Crippen molar-refractivity contribution in [3.05, 3.63) is 70.5 Å². The van der Waals surface area contributed by atoms with E-state index >= 15 is 0 Å². The summed E-state index contributed by atoms with van der Waals surface area (Å²) in [6.07, 6.45) is 2.22. The third kappa shape index (κ3) is 7.03. The molecule has 9 nitrogen and oxygen atoms in total. The van der Waals surface area contributed by atoms with Crippen molar-refractivity contribution in [2.24, 2.45) is 10.1 Å². The van der Waals surface area contributed by atoms with Crippen LogP contribution in [0.15, 0.2) is 59.1 Å². The molecule has 2 aromatic carbocycles. The summed E-state index contributed by atoms with van der Waals surface area (Å²) in [5, 5.41) is 20.6. The Morgan fingerprint density at radius 2 is 2.11 bits per heavy atom. The van der Waals surface area contributed by atoms with Crippen LogP contribution in [0.1, 0.15) is 5.56 Å². The number of halogens is 5. The van der Waals surface area contributed by atoms with Crippen LogP contribution in [0.5, 0.6) is 5.75 Å². The minimum absolute atomic E-state index is 0.0349. The number of guanidine groups is 1. The smallest absolute Gasteiger partial charge is 0.408 e. The van der Waals surface area contributed by atoms with E-state index in [2.05, 4.69) is 32.0 Å². The van der Waals surface area contributed by atoms with Gasteiger partial charge in [-0.2, -0.15) is 19.1 Å². The molecule has 1 amide bonds. The van der Waals surface area contributed by atoms with Crippen LogP contribution in [0.25, 0.3) is 0 Å². The molecule has 14 heteroatoms. The molecule has 0 aliphatic carbocycles. The van der Waals surface area contributed by atoms with E-state index in [-0.39, 0.29) is 29.8 Å². The SMILES string of the molecule is C=CCOC(=O)N[C@@H]1CN(/C(=N\C#N)Nc2cc(F)cc(OC(F)F)c2)N=C1c1ccc(Cl)c(Cl)c1. The summed E-state index contributed by atoms with van der Waals surface area (Å²) in [6.45, 7) is 0.228. The van der Waals surface area contributed by atoms with Crippen molar-refractivity contribution in [2.75, 3.05) is 18.5 Å². The van der Waals surface area contributed by atoms with Gasteiger partial charge in [-0.25, -0.2) is 14.2 Å². The molecule has 0 aromatic heterocycles. The molecule has 0 radical (unpaired) electrons. The topological polar surface area (TPSA) is 111 Å². The molecular formula is C22H17Cl2F3N6O3. The quantitative estimate of drug-likeness (QED) is 0.221. The molecule has 1 aliphatic rings. The summed E-state index contributed by atoms with van der Waals surface area (Å²) < 4.78 is 48.3. The number of hydrazone groups is 1. The summed E-state index contributed by atoms with van der Waals surface area (Å²) in [6, 6.07) is 6.76. The molecule has 2 aromatic rings. The van der Waals surface area contributed by atoms with Crippen LogP contribution in [0.2, 0.25) is 10.0 Å². The first kappa shape index (κ1) is 26.7. The average molecular weight is 541 g/mol. The molecule has 1 heterocycles. The second kappa shape index (κ2) is 12.1. The van der Waals surface area contributed by atoms with Gasteiger partial charge in [0.2, 0.25) is 12.2 Å². The van der Waals surface area contributed by atoms with Crippen molar-refractivity contribution < 1.29 is 27.4 Å². The Hall–Kier alpha value is -3.95. The first-order valence-electron chi connectivity index (χ1n) is 10.0. The highest BCUT2D eigenvalue weighted by molar-refractivity contribution is 6.42. The minimum Gasteiger partial charge on any atom is -0.445 e. The lowest BCUT2D eigenvalue weighted by atomic mass is 10.0. The number of alkyl carbamates (subject to hydrolysis) is 1. The summed E-state index contributed by atoms with van der Waals surface area (Å²) >= 11 is 12.1. The number of ether oxygens (including phenoxy) is 2. The summed E-state index contributed by atoms with van der Waals surface area (Å²) in [5.74, 6) is -1.51. The Labute approximate surface area is 213 Å². The molecule has 1 aliphatic heterocycles. The van der Waals surface area contributed by atoms with Crippen molar-refractivity contribution in [3.63, 3.8) is 0 Å². The standard InChI is InChI=1S/C22H17Cl2F3N6O3/c1-2-5-35-22(34)31-18-10-33(32-19(18)12-3-4-16(23)17(24)6-12)21(29-11-28)30-14-7-13(25)8-15(9-14)36-20(26)27/h2-4,6-9,18,20H,1,5,10H2,(H,29,30)(H,31,34)/t18-/m1/s1. The molecule has 0 unspecified atom stereocenters. The van der Waals surface area contributed by atoms with E-state index < -0.39 is 30.3 Å². The van der Waals surface area contributed by atoms with Gasteiger partial charge in [0.15, 0.2) is 0 Å². The molecule has 3 rings (SSSR count). The summed E-state index contributed by atoms with van der Waals surface area (Å²) in [7, 11) is 0. The fourth-order valence-electron chi connectivity index (χ4n) is 3.11. The van der Waals surface area contributed by atoms with E-state index in [1.54, 1.807) is 12.3 Å². The van der Waals surface area contributed by atoms with E-state index in [1.165, 1.54) is 23.2 Å². The van der Waals surface area contributed by atoms with Crippen molar-refractivity contribution in [3.8, 4) is 11.9 Å². The van der Waals surface area contributed by atoms with Gasteiger partial charge in [-0.1, -0.05) is 41.9 Å². The lowest BCUT2D eigenvalue weighted by Crippen LogP contribution is -2.44. The number of nitrogens with zero attached hydrogens (tertiary/aromatic N) is 4. The number of aliphatic imine (C=N–C) groups is 1. The predicted molar refractivity (Wildman–Crippen MR) is 128 cm³/mol. The number of nitrogens with one attached hydrogen (secondary N) is 2. The van der Waals surface area contributed by atoms with E-state index in [1.807, 2.05) is 0 Å². The van der Waals surface area contributed by atoms with Gasteiger partial charge in [-0.05, 0) is 18.2 Å². The highest BCUT2D eigenvalue weighted by Crippen LogP contribution is 2.26. The largest absolute Gasteiger partial charge is 0.445 e. The third-order valence-electron chi connectivity index (χ3n) is 4.51. The van der Waals surface area contributed by atoms with Crippen molar-refractivity contribution in [1.82, 2.24) is 10.3 Å². The number of amides is 1. The predicted octanol–water partition coefficient (Wildman–Crippen LogP) is 4.98. The second-order valence-electron chi connectivity index (χ2n) is 6.99. The van der Waals surface area contributed by atoms with Gasteiger partial charge in [-0.3, -0.25) is 0 Å². The number of carbonyl (C=O) groups is 1. The molecular weight excluding hydrogens is 524 g/mol. The van der Waals surface area contributed by atoms with Crippen LogP contribution >= 0.6 is 23.2 Å². The highest BCUT2D eigenvalue weighted by atomic mass is 35.5. The Morgan fingerprint density at radius 1 is 1.33 bits per heavy atom. The fourth-order valence-corrected chi connectivity index (χ4v) is 3.41. The van der Waals surface area contributed by atoms with Gasteiger partial charge in [-0.15, -0.1) is 4.99 Å². The molecule has 1 atom stereocenters. The number of hydrogen-bond donors (Lipinski definition) is 2. The normalized spacial score (nSPS) is 15.2. The zero-order chi connectivity index (χ0) is 26.2. The number of carbonyl (C=O) groups excluding carboxylic acids is 1. The number of benzene rings is 2. The first-order chi connectivity index (χ1) is 17.2. The van der Waals surface area contributed by atoms with Crippen LogP contribution in [-0.4, -0.2) is 48.6 Å². The average Bonchev–Trinajstić information content (AvgIpc) is 3.22. The van der Waals surface area contributed by atoms with Gasteiger partial charge >= 0.3 is 12.7 Å². The van der Waals surface area contributed by atoms with Gasteiger partial charge < -0.3 is 20.1 Å². The van der Waals surface area contributed by atoms with Gasteiger partial charge in [0, 0.05) is 23.4 Å². The number of anilines is 1. The van der Waals surface area contributed by atoms with Crippen LogP contribution in [0.4, 0.5) is 23.7 Å². The molecule has 0 spiro atoms. The third-order valence-corrected chi connectivity index (χ3v) is 5.25. The number of nitriles is 1. The van der Waals surface area contributed by atoms with Crippen LogP contribution in [0.3, 0.4) is 0 Å². The van der Waals surface area contributed by atoms with Gasteiger partial charge in [0.1, 0.15) is 18.2 Å². The van der Waals surface area contributed by atoms with E-state index in [4.69, 9.17) is 27.9 Å². The molecule has 0 fully saturated rings. The number of alkyl halides is 2. The summed E-state index contributed by atoms with van der Waals surface area (Å²) in [5.41, 5.74) is 0.765. The zero-order valence-electron chi connectivity index (χ0n) is 18.2. The van der Waals surface area contributed by atoms with Crippen LogP contribution < -0.4 is 15.4 Å². The minimum atomic E-state index is -3.17. The molecule has 36 heavy (non-hydrogen) atoms. The Kier molecular flexibility index (Phi) is 8.99. The van der Waals surface area contributed by atoms with E-state index in [9.17, 15) is 23.2 Å². The van der Waals surface area contributed by atoms with E-state index in [0.29, 0.717) is 16.3 Å². The van der Waals surface area contributed by atoms with E-state index in [0.717, 1.165) is 18.2 Å². The Bertz CT molecular complexity index is 1250. The Morgan fingerprint density at radius 3 is 2.78 bits per heavy atom. The second-order valence-corrected chi connectivity index (χ2v) is 7.81. The highest BCUT2D eigenvalue weighted by Gasteiger charge is 2.32. The zero-order valence-corrected chi connectivity index (χ0v) is 19.7. The van der Waals surface area contributed by atoms with Gasteiger partial charge in [0.05, 0.1) is 28.3 Å². The number of rotatable bonds is 7. The van der Waals surface area contributed by atoms with Crippen molar-refractivity contribution in [1.29, 1.82) is 5.26 Å². The molecule has 0 saturated carbocycles. The monoisotopic (exact) mass is 540 g/mol. The first-order valence-corrected chi connectivity index (χ1v) is 10.8. The lowest BCUT2D eigenvalue weighted by molar-refractivity contribution is -0.0499. The number of hydrogen-bond acceptors (Lipinski definition) is 6. The maximum absolute atomic E-state index is 14.0. The molecule has 0 saturated heterocycles. The lowest BCUT2D eigenvalue weighted by Gasteiger charge is -2.19. The van der Waals surface area contributed by atoms with Crippen molar-refractivity contribution >= 4 is 46.7 Å². The molecule has 0 bridgehead atoms. The Balaban J connectivity index is 1.93. The molecule has 188 valence electrons. The van der Waals surface area contributed by atoms with Crippen LogP contribution in [-0.2, 0) is 4.74 Å². The van der Waals surface area contributed by atoms with Crippen molar-refractivity contribution in [2.45, 2.75) is 12.7 Å². The molecule has 2 N–H and O–H groups in total. The van der Waals surface area contributed by atoms with Gasteiger partial charge in [0.25, 0.3) is 0 Å². The van der Waals surface area contributed by atoms with Crippen LogP contribution in [0, 0.1) is 17.3 Å². The fraction of sp³-hybridized carbons (Fsp3) is 0.182. The maximum Gasteiger partial charge on any atom is 0.408 e.